The van der Waals surface area contributed by atoms with Gasteiger partial charge in [-0.2, -0.15) is 0 Å². The number of ether oxygens (including phenoxy) is 1. The van der Waals surface area contributed by atoms with Crippen molar-refractivity contribution in [3.8, 4) is 0 Å². The first-order valence-electron chi connectivity index (χ1n) is 5.66. The van der Waals surface area contributed by atoms with E-state index in [1.165, 1.54) is 0 Å². The number of carboxylic acids is 1. The van der Waals surface area contributed by atoms with Crippen molar-refractivity contribution in [2.75, 3.05) is 13.2 Å². The molecule has 1 heterocycles. The predicted molar refractivity (Wildman–Crippen MR) is 66.5 cm³/mol. The second-order valence-corrected chi connectivity index (χ2v) is 3.93. The van der Waals surface area contributed by atoms with Gasteiger partial charge in [0, 0.05) is 17.9 Å². The molecule has 1 rings (SSSR count). The molecule has 0 atom stereocenters. The average Bonchev–Trinajstić information content (AvgIpc) is 2.56. The molecule has 0 aromatic carbocycles. The number of carboxylic acid groups (broad SMARTS) is 1. The van der Waals surface area contributed by atoms with Gasteiger partial charge in [-0.25, -0.2) is 4.79 Å². The molecule has 0 aliphatic carbocycles. The van der Waals surface area contributed by atoms with Crippen LogP contribution >= 0.6 is 0 Å². The molecule has 1 aromatic rings. The average molecular weight is 237 g/mol. The Hall–Kier alpha value is -1.55. The number of aryl methyl sites for hydroxylation is 1. The van der Waals surface area contributed by atoms with Gasteiger partial charge >= 0.3 is 5.97 Å². The molecular formula is C13H19NO3. The van der Waals surface area contributed by atoms with Crippen LogP contribution in [0.5, 0.6) is 0 Å². The quantitative estimate of drug-likeness (QED) is 0.585. The van der Waals surface area contributed by atoms with Crippen LogP contribution in [0.2, 0.25) is 0 Å². The monoisotopic (exact) mass is 237 g/mol. The van der Waals surface area contributed by atoms with E-state index in [1.807, 2.05) is 24.5 Å². The maximum absolute atomic E-state index is 10.9. The summed E-state index contributed by atoms with van der Waals surface area (Å²) in [5.41, 5.74) is 2.10. The molecule has 0 fully saturated rings. The van der Waals surface area contributed by atoms with Crippen LogP contribution in [0.4, 0.5) is 0 Å². The lowest BCUT2D eigenvalue weighted by atomic mass is 10.2. The lowest BCUT2D eigenvalue weighted by molar-refractivity contribution is 0.0695. The summed E-state index contributed by atoms with van der Waals surface area (Å²) in [7, 11) is 0. The molecule has 0 amide bonds. The molecule has 0 unspecified atom stereocenters. The van der Waals surface area contributed by atoms with E-state index < -0.39 is 5.97 Å². The minimum atomic E-state index is -0.878. The summed E-state index contributed by atoms with van der Waals surface area (Å²) >= 11 is 0. The third kappa shape index (κ3) is 3.46. The standard InChI is InChI=1S/C13H19NO3/c1-4-5-7-17-8-6-14-10(2)9-12(11(14)3)13(15)16/h4,9H,1,5-8H2,2-3H3,(H,15,16). The second kappa shape index (κ2) is 6.25. The molecular weight excluding hydrogens is 218 g/mol. The zero-order valence-electron chi connectivity index (χ0n) is 10.4. The van der Waals surface area contributed by atoms with Crippen molar-refractivity contribution in [2.45, 2.75) is 26.8 Å². The van der Waals surface area contributed by atoms with Crippen LogP contribution in [-0.4, -0.2) is 28.9 Å². The molecule has 4 heteroatoms. The maximum atomic E-state index is 10.9. The van der Waals surface area contributed by atoms with E-state index in [0.29, 0.717) is 25.3 Å². The van der Waals surface area contributed by atoms with Crippen LogP contribution in [0.25, 0.3) is 0 Å². The van der Waals surface area contributed by atoms with Crippen molar-refractivity contribution >= 4 is 5.97 Å². The Kier molecular flexibility index (Phi) is 4.97. The fourth-order valence-electron chi connectivity index (χ4n) is 1.79. The lowest BCUT2D eigenvalue weighted by Gasteiger charge is -2.09. The van der Waals surface area contributed by atoms with Gasteiger partial charge < -0.3 is 14.4 Å². The zero-order chi connectivity index (χ0) is 12.8. The number of rotatable bonds is 7. The fourth-order valence-corrected chi connectivity index (χ4v) is 1.79. The van der Waals surface area contributed by atoms with Crippen LogP contribution in [0.15, 0.2) is 18.7 Å². The summed E-state index contributed by atoms with van der Waals surface area (Å²) in [6, 6.07) is 1.70. The normalized spacial score (nSPS) is 10.5. The fraction of sp³-hybridized carbons (Fsp3) is 0.462. The van der Waals surface area contributed by atoms with Crippen molar-refractivity contribution in [1.82, 2.24) is 4.57 Å². The van der Waals surface area contributed by atoms with Gasteiger partial charge in [-0.15, -0.1) is 6.58 Å². The number of nitrogens with zero attached hydrogens (tertiary/aromatic N) is 1. The van der Waals surface area contributed by atoms with Crippen molar-refractivity contribution in [2.24, 2.45) is 0 Å². The van der Waals surface area contributed by atoms with Crippen molar-refractivity contribution in [1.29, 1.82) is 0 Å². The highest BCUT2D eigenvalue weighted by Gasteiger charge is 2.13. The van der Waals surface area contributed by atoms with Crippen LogP contribution in [0, 0.1) is 13.8 Å². The molecule has 0 saturated carbocycles. The predicted octanol–water partition coefficient (Wildman–Crippen LogP) is 2.40. The Morgan fingerprint density at radius 1 is 1.53 bits per heavy atom. The van der Waals surface area contributed by atoms with Crippen LogP contribution < -0.4 is 0 Å². The van der Waals surface area contributed by atoms with Gasteiger partial charge in [0.1, 0.15) is 0 Å². The molecule has 0 spiro atoms. The molecule has 4 nitrogen and oxygen atoms in total. The van der Waals surface area contributed by atoms with Gasteiger partial charge in [-0.1, -0.05) is 6.08 Å². The zero-order valence-corrected chi connectivity index (χ0v) is 10.4. The number of hydrogen-bond acceptors (Lipinski definition) is 2. The first kappa shape index (κ1) is 13.5. The molecule has 0 aliphatic rings. The Labute approximate surface area is 102 Å². The summed E-state index contributed by atoms with van der Waals surface area (Å²) in [5, 5.41) is 8.99. The first-order chi connectivity index (χ1) is 8.07. The highest BCUT2D eigenvalue weighted by Crippen LogP contribution is 2.14. The smallest absolute Gasteiger partial charge is 0.337 e. The van der Waals surface area contributed by atoms with E-state index >= 15 is 0 Å². The molecule has 0 aliphatic heterocycles. The Morgan fingerprint density at radius 3 is 2.76 bits per heavy atom. The Morgan fingerprint density at radius 2 is 2.24 bits per heavy atom. The highest BCUT2D eigenvalue weighted by molar-refractivity contribution is 5.89. The Balaban J connectivity index is 2.59. The number of aromatic nitrogens is 1. The summed E-state index contributed by atoms with van der Waals surface area (Å²) in [4.78, 5) is 10.9. The molecule has 0 bridgehead atoms. The van der Waals surface area contributed by atoms with Crippen molar-refractivity contribution in [3.05, 3.63) is 35.7 Å². The molecule has 17 heavy (non-hydrogen) atoms. The lowest BCUT2D eigenvalue weighted by Crippen LogP contribution is -2.10. The summed E-state index contributed by atoms with van der Waals surface area (Å²) in [5.74, 6) is -0.878. The van der Waals surface area contributed by atoms with Gasteiger partial charge in [0.15, 0.2) is 0 Å². The van der Waals surface area contributed by atoms with Crippen molar-refractivity contribution in [3.63, 3.8) is 0 Å². The number of carbonyl (C=O) groups is 1. The van der Waals surface area contributed by atoms with E-state index in [2.05, 4.69) is 6.58 Å². The highest BCUT2D eigenvalue weighted by atomic mass is 16.5. The summed E-state index contributed by atoms with van der Waals surface area (Å²) in [6.07, 6.45) is 2.65. The van der Waals surface area contributed by atoms with E-state index in [9.17, 15) is 4.79 Å². The van der Waals surface area contributed by atoms with E-state index in [0.717, 1.165) is 17.8 Å². The minimum absolute atomic E-state index is 0.369. The Bertz CT molecular complexity index is 407. The van der Waals surface area contributed by atoms with E-state index in [-0.39, 0.29) is 0 Å². The SMILES string of the molecule is C=CCCOCCn1c(C)cc(C(=O)O)c1C. The largest absolute Gasteiger partial charge is 0.478 e. The van der Waals surface area contributed by atoms with Gasteiger partial charge in [0.25, 0.3) is 0 Å². The molecule has 0 saturated heterocycles. The molecule has 0 radical (unpaired) electrons. The molecule has 1 aromatic heterocycles. The van der Waals surface area contributed by atoms with Gasteiger partial charge in [-0.3, -0.25) is 0 Å². The minimum Gasteiger partial charge on any atom is -0.478 e. The molecule has 94 valence electrons. The van der Waals surface area contributed by atoms with E-state index in [1.54, 1.807) is 6.07 Å². The van der Waals surface area contributed by atoms with Crippen LogP contribution in [-0.2, 0) is 11.3 Å². The summed E-state index contributed by atoms with van der Waals surface area (Å²) < 4.78 is 7.39. The van der Waals surface area contributed by atoms with E-state index in [4.69, 9.17) is 9.84 Å². The van der Waals surface area contributed by atoms with Crippen LogP contribution in [0.1, 0.15) is 28.2 Å². The number of aromatic carboxylic acids is 1. The molecule has 1 N–H and O–H groups in total. The summed E-state index contributed by atoms with van der Waals surface area (Å²) in [6.45, 7) is 9.27. The van der Waals surface area contributed by atoms with Gasteiger partial charge in [0.05, 0.1) is 18.8 Å². The topological polar surface area (TPSA) is 51.5 Å². The van der Waals surface area contributed by atoms with Gasteiger partial charge in [0.2, 0.25) is 0 Å². The van der Waals surface area contributed by atoms with Gasteiger partial charge in [-0.05, 0) is 26.3 Å². The second-order valence-electron chi connectivity index (χ2n) is 3.93. The third-order valence-corrected chi connectivity index (χ3v) is 2.73. The first-order valence-corrected chi connectivity index (χ1v) is 5.66. The van der Waals surface area contributed by atoms with Crippen molar-refractivity contribution < 1.29 is 14.6 Å². The maximum Gasteiger partial charge on any atom is 0.337 e. The number of hydrogen-bond donors (Lipinski definition) is 1. The third-order valence-electron chi connectivity index (χ3n) is 2.73. The van der Waals surface area contributed by atoms with Crippen LogP contribution in [0.3, 0.4) is 0 Å².